The van der Waals surface area contributed by atoms with E-state index in [1.807, 2.05) is 0 Å². The minimum Gasteiger partial charge on any atom is -0.314 e. The molecular weight excluding hydrogens is 322 g/mol. The maximum absolute atomic E-state index is 4.29. The van der Waals surface area contributed by atoms with Crippen LogP contribution in [0.1, 0.15) is 24.4 Å². The van der Waals surface area contributed by atoms with Gasteiger partial charge in [-0.1, -0.05) is 41.1 Å². The molecule has 2 rings (SSSR count). The van der Waals surface area contributed by atoms with E-state index in [1.165, 1.54) is 5.56 Å². The van der Waals surface area contributed by atoms with Crippen LogP contribution in [0.2, 0.25) is 0 Å². The van der Waals surface area contributed by atoms with E-state index < -0.39 is 0 Å². The van der Waals surface area contributed by atoms with Crippen molar-refractivity contribution in [2.75, 3.05) is 6.54 Å². The fourth-order valence-corrected chi connectivity index (χ4v) is 3.23. The van der Waals surface area contributed by atoms with Crippen LogP contribution >= 0.6 is 27.3 Å². The third-order valence-corrected chi connectivity index (χ3v) is 4.14. The Hall–Kier alpha value is -0.780. The molecule has 0 bridgehead atoms. The van der Waals surface area contributed by atoms with Gasteiger partial charge in [0.25, 0.3) is 0 Å². The van der Waals surface area contributed by atoms with E-state index in [0.717, 1.165) is 33.0 Å². The van der Waals surface area contributed by atoms with Crippen molar-refractivity contribution >= 4 is 27.3 Å². The van der Waals surface area contributed by atoms with Crippen molar-refractivity contribution in [3.05, 3.63) is 33.2 Å². The minimum atomic E-state index is 0.514. The predicted octanol–water partition coefficient (Wildman–Crippen LogP) is 3.82. The molecule has 0 amide bonds. The first-order valence-electron chi connectivity index (χ1n) is 6.38. The molecule has 0 fully saturated rings. The zero-order valence-electron chi connectivity index (χ0n) is 11.4. The molecule has 0 aliphatic rings. The van der Waals surface area contributed by atoms with Gasteiger partial charge in [-0.05, 0) is 30.7 Å². The SMILES string of the molecule is Cc1cc(Br)cc(-c2nnc(CCNC(C)C)s2)c1. The summed E-state index contributed by atoms with van der Waals surface area (Å²) in [7, 11) is 0. The van der Waals surface area contributed by atoms with E-state index >= 15 is 0 Å². The van der Waals surface area contributed by atoms with Crippen LogP contribution in [0.4, 0.5) is 0 Å². The third-order valence-electron chi connectivity index (χ3n) is 2.65. The summed E-state index contributed by atoms with van der Waals surface area (Å²) in [6.07, 6.45) is 0.933. The van der Waals surface area contributed by atoms with Crippen molar-refractivity contribution < 1.29 is 0 Å². The molecule has 0 aliphatic heterocycles. The van der Waals surface area contributed by atoms with Crippen molar-refractivity contribution in [3.63, 3.8) is 0 Å². The Kier molecular flexibility index (Phi) is 5.07. The van der Waals surface area contributed by atoms with Gasteiger partial charge in [0.1, 0.15) is 10.0 Å². The Bertz CT molecular complexity index is 531. The molecule has 0 aliphatic carbocycles. The monoisotopic (exact) mass is 339 g/mol. The van der Waals surface area contributed by atoms with Gasteiger partial charge in [-0.25, -0.2) is 0 Å². The number of hydrogen-bond donors (Lipinski definition) is 1. The van der Waals surface area contributed by atoms with Gasteiger partial charge in [-0.15, -0.1) is 10.2 Å². The summed E-state index contributed by atoms with van der Waals surface area (Å²) in [5.41, 5.74) is 2.36. The molecule has 0 unspecified atom stereocenters. The molecule has 0 saturated carbocycles. The van der Waals surface area contributed by atoms with Crippen LogP contribution in [0.25, 0.3) is 10.6 Å². The second-order valence-electron chi connectivity index (χ2n) is 4.88. The van der Waals surface area contributed by atoms with Crippen LogP contribution in [0.3, 0.4) is 0 Å². The Morgan fingerprint density at radius 1 is 1.26 bits per heavy atom. The van der Waals surface area contributed by atoms with E-state index in [-0.39, 0.29) is 0 Å². The van der Waals surface area contributed by atoms with Gasteiger partial charge < -0.3 is 5.32 Å². The van der Waals surface area contributed by atoms with Crippen LogP contribution in [0, 0.1) is 6.92 Å². The molecule has 0 atom stereocenters. The normalized spacial score (nSPS) is 11.2. The first-order chi connectivity index (χ1) is 9.04. The highest BCUT2D eigenvalue weighted by molar-refractivity contribution is 9.10. The molecule has 19 heavy (non-hydrogen) atoms. The maximum atomic E-state index is 4.29. The van der Waals surface area contributed by atoms with Crippen LogP contribution in [0.15, 0.2) is 22.7 Å². The van der Waals surface area contributed by atoms with Gasteiger partial charge in [0.15, 0.2) is 0 Å². The van der Waals surface area contributed by atoms with Crippen molar-refractivity contribution in [1.29, 1.82) is 0 Å². The number of hydrogen-bond acceptors (Lipinski definition) is 4. The number of benzene rings is 1. The maximum Gasteiger partial charge on any atom is 0.147 e. The topological polar surface area (TPSA) is 37.8 Å². The van der Waals surface area contributed by atoms with E-state index in [0.29, 0.717) is 6.04 Å². The summed E-state index contributed by atoms with van der Waals surface area (Å²) in [6, 6.07) is 6.84. The fourth-order valence-electron chi connectivity index (χ4n) is 1.80. The average molecular weight is 340 g/mol. The largest absolute Gasteiger partial charge is 0.314 e. The van der Waals surface area contributed by atoms with Crippen molar-refractivity contribution in [3.8, 4) is 10.6 Å². The summed E-state index contributed by atoms with van der Waals surface area (Å²) >= 11 is 5.19. The molecular formula is C14H18BrN3S. The number of rotatable bonds is 5. The summed E-state index contributed by atoms with van der Waals surface area (Å²) in [5, 5.41) is 14.0. The fraction of sp³-hybridized carbons (Fsp3) is 0.429. The molecule has 0 radical (unpaired) electrons. The Morgan fingerprint density at radius 2 is 2.05 bits per heavy atom. The lowest BCUT2D eigenvalue weighted by Crippen LogP contribution is -2.24. The molecule has 3 nitrogen and oxygen atoms in total. The van der Waals surface area contributed by atoms with E-state index in [2.05, 4.69) is 70.4 Å². The lowest BCUT2D eigenvalue weighted by atomic mass is 10.1. The van der Waals surface area contributed by atoms with Gasteiger partial charge >= 0.3 is 0 Å². The molecule has 0 spiro atoms. The van der Waals surface area contributed by atoms with Gasteiger partial charge in [-0.2, -0.15) is 0 Å². The number of nitrogens with one attached hydrogen (secondary N) is 1. The van der Waals surface area contributed by atoms with E-state index in [1.54, 1.807) is 11.3 Å². The lowest BCUT2D eigenvalue weighted by molar-refractivity contribution is 0.588. The Labute approximate surface area is 126 Å². The van der Waals surface area contributed by atoms with E-state index in [9.17, 15) is 0 Å². The molecule has 5 heteroatoms. The molecule has 1 N–H and O–H groups in total. The van der Waals surface area contributed by atoms with Gasteiger partial charge in [0, 0.05) is 29.0 Å². The number of aromatic nitrogens is 2. The number of aryl methyl sites for hydroxylation is 1. The van der Waals surface area contributed by atoms with Crippen molar-refractivity contribution in [2.24, 2.45) is 0 Å². The highest BCUT2D eigenvalue weighted by atomic mass is 79.9. The Balaban J connectivity index is 2.07. The number of halogens is 1. The zero-order chi connectivity index (χ0) is 13.8. The Morgan fingerprint density at radius 3 is 2.74 bits per heavy atom. The van der Waals surface area contributed by atoms with Crippen LogP contribution in [0.5, 0.6) is 0 Å². The van der Waals surface area contributed by atoms with Crippen LogP contribution in [-0.2, 0) is 6.42 Å². The first kappa shape index (κ1) is 14.6. The summed E-state index contributed by atoms with van der Waals surface area (Å²) in [5.74, 6) is 0. The van der Waals surface area contributed by atoms with Gasteiger partial charge in [0.2, 0.25) is 0 Å². The lowest BCUT2D eigenvalue weighted by Gasteiger charge is -2.05. The average Bonchev–Trinajstić information content (AvgIpc) is 2.76. The highest BCUT2D eigenvalue weighted by Crippen LogP contribution is 2.27. The molecule has 102 valence electrons. The molecule has 1 aromatic heterocycles. The second-order valence-corrected chi connectivity index (χ2v) is 6.85. The second kappa shape index (κ2) is 6.59. The van der Waals surface area contributed by atoms with E-state index in [4.69, 9.17) is 0 Å². The molecule has 1 heterocycles. The van der Waals surface area contributed by atoms with Crippen LogP contribution < -0.4 is 5.32 Å². The standard InChI is InChI=1S/C14H18BrN3S/c1-9(2)16-5-4-13-17-18-14(19-13)11-6-10(3)7-12(15)8-11/h6-9,16H,4-5H2,1-3H3. The van der Waals surface area contributed by atoms with Crippen molar-refractivity contribution in [2.45, 2.75) is 33.2 Å². The predicted molar refractivity (Wildman–Crippen MR) is 84.6 cm³/mol. The zero-order valence-corrected chi connectivity index (χ0v) is 13.8. The first-order valence-corrected chi connectivity index (χ1v) is 7.99. The van der Waals surface area contributed by atoms with Gasteiger partial charge in [-0.3, -0.25) is 0 Å². The van der Waals surface area contributed by atoms with Gasteiger partial charge in [0.05, 0.1) is 0 Å². The summed E-state index contributed by atoms with van der Waals surface area (Å²) < 4.78 is 1.08. The summed E-state index contributed by atoms with van der Waals surface area (Å²) in [4.78, 5) is 0. The molecule has 1 aromatic carbocycles. The third kappa shape index (κ3) is 4.37. The van der Waals surface area contributed by atoms with Crippen LogP contribution in [-0.4, -0.2) is 22.8 Å². The quantitative estimate of drug-likeness (QED) is 0.899. The molecule has 0 saturated heterocycles. The number of nitrogens with zero attached hydrogens (tertiary/aromatic N) is 2. The van der Waals surface area contributed by atoms with Crippen molar-refractivity contribution in [1.82, 2.24) is 15.5 Å². The molecule has 2 aromatic rings. The summed E-state index contributed by atoms with van der Waals surface area (Å²) in [6.45, 7) is 7.33. The minimum absolute atomic E-state index is 0.514. The smallest absolute Gasteiger partial charge is 0.147 e. The highest BCUT2D eigenvalue weighted by Gasteiger charge is 2.08.